The first-order valence-electron chi connectivity index (χ1n) is 4.82. The lowest BCUT2D eigenvalue weighted by atomic mass is 10.3. The van der Waals surface area contributed by atoms with Crippen molar-refractivity contribution in [2.45, 2.75) is 0 Å². The van der Waals surface area contributed by atoms with Crippen LogP contribution in [0.3, 0.4) is 0 Å². The van der Waals surface area contributed by atoms with Crippen LogP contribution in [0.5, 0.6) is 0 Å². The molecule has 84 valence electrons. The predicted molar refractivity (Wildman–Crippen MR) is 71.5 cm³/mol. The van der Waals surface area contributed by atoms with E-state index in [1.807, 2.05) is 23.6 Å². The van der Waals surface area contributed by atoms with Gasteiger partial charge in [-0.15, -0.1) is 11.3 Å². The van der Waals surface area contributed by atoms with Crippen molar-refractivity contribution >= 4 is 34.5 Å². The van der Waals surface area contributed by atoms with Crippen molar-refractivity contribution in [3.63, 3.8) is 0 Å². The SMILES string of the molecule is Clc1ccc(-c2nsc(-c3cccs3)n2)cn1. The summed E-state index contributed by atoms with van der Waals surface area (Å²) < 4.78 is 4.33. The second kappa shape index (κ2) is 4.52. The number of halogens is 1. The molecule has 6 heteroatoms. The third-order valence-corrected chi connectivity index (χ3v) is 4.12. The number of rotatable bonds is 2. The van der Waals surface area contributed by atoms with Crippen LogP contribution in [-0.2, 0) is 0 Å². The number of nitrogens with zero attached hydrogens (tertiary/aromatic N) is 3. The Morgan fingerprint density at radius 3 is 2.82 bits per heavy atom. The largest absolute Gasteiger partial charge is 0.244 e. The van der Waals surface area contributed by atoms with E-state index in [2.05, 4.69) is 14.3 Å². The molecule has 3 nitrogen and oxygen atoms in total. The molecule has 0 atom stereocenters. The summed E-state index contributed by atoms with van der Waals surface area (Å²) in [5, 5.41) is 3.44. The van der Waals surface area contributed by atoms with E-state index in [0.29, 0.717) is 11.0 Å². The molecule has 0 N–H and O–H groups in total. The summed E-state index contributed by atoms with van der Waals surface area (Å²) in [5.41, 5.74) is 0.883. The topological polar surface area (TPSA) is 38.7 Å². The second-order valence-electron chi connectivity index (χ2n) is 3.27. The van der Waals surface area contributed by atoms with Crippen molar-refractivity contribution in [2.24, 2.45) is 0 Å². The first-order valence-corrected chi connectivity index (χ1v) is 6.85. The molecule has 0 saturated heterocycles. The van der Waals surface area contributed by atoms with Crippen molar-refractivity contribution in [2.75, 3.05) is 0 Å². The highest BCUT2D eigenvalue weighted by molar-refractivity contribution is 7.18. The van der Waals surface area contributed by atoms with E-state index in [9.17, 15) is 0 Å². The van der Waals surface area contributed by atoms with Crippen molar-refractivity contribution in [3.05, 3.63) is 41.0 Å². The van der Waals surface area contributed by atoms with E-state index in [1.165, 1.54) is 11.5 Å². The molecule has 0 radical (unpaired) electrons. The highest BCUT2D eigenvalue weighted by atomic mass is 35.5. The molecular weight excluding hydrogens is 274 g/mol. The zero-order valence-electron chi connectivity index (χ0n) is 8.50. The Balaban J connectivity index is 1.98. The van der Waals surface area contributed by atoms with Gasteiger partial charge in [-0.3, -0.25) is 0 Å². The van der Waals surface area contributed by atoms with E-state index in [0.717, 1.165) is 15.4 Å². The molecule has 0 amide bonds. The Morgan fingerprint density at radius 2 is 2.12 bits per heavy atom. The lowest BCUT2D eigenvalue weighted by Gasteiger charge is -1.93. The quantitative estimate of drug-likeness (QED) is 0.666. The molecule has 3 aromatic heterocycles. The van der Waals surface area contributed by atoms with Crippen LogP contribution in [0.1, 0.15) is 0 Å². The molecule has 0 spiro atoms. The third-order valence-electron chi connectivity index (χ3n) is 2.14. The normalized spacial score (nSPS) is 10.6. The van der Waals surface area contributed by atoms with Gasteiger partial charge in [0.2, 0.25) is 0 Å². The first kappa shape index (κ1) is 10.8. The lowest BCUT2D eigenvalue weighted by Crippen LogP contribution is -1.82. The smallest absolute Gasteiger partial charge is 0.175 e. The van der Waals surface area contributed by atoms with Gasteiger partial charge < -0.3 is 0 Å². The zero-order valence-corrected chi connectivity index (χ0v) is 10.9. The van der Waals surface area contributed by atoms with Gasteiger partial charge in [-0.25, -0.2) is 9.97 Å². The van der Waals surface area contributed by atoms with E-state index >= 15 is 0 Å². The second-order valence-corrected chi connectivity index (χ2v) is 5.36. The molecule has 0 aromatic carbocycles. The third kappa shape index (κ3) is 2.22. The van der Waals surface area contributed by atoms with Gasteiger partial charge in [0.25, 0.3) is 0 Å². The molecule has 3 rings (SSSR count). The fourth-order valence-electron chi connectivity index (χ4n) is 1.35. The molecule has 0 unspecified atom stereocenters. The highest BCUT2D eigenvalue weighted by Crippen LogP contribution is 2.28. The van der Waals surface area contributed by atoms with Crippen molar-refractivity contribution in [1.82, 2.24) is 14.3 Å². The maximum atomic E-state index is 5.74. The van der Waals surface area contributed by atoms with Crippen LogP contribution in [-0.4, -0.2) is 14.3 Å². The van der Waals surface area contributed by atoms with Crippen molar-refractivity contribution < 1.29 is 0 Å². The van der Waals surface area contributed by atoms with Gasteiger partial charge in [0, 0.05) is 11.8 Å². The minimum Gasteiger partial charge on any atom is -0.244 e. The molecule has 17 heavy (non-hydrogen) atoms. The summed E-state index contributed by atoms with van der Waals surface area (Å²) in [5.74, 6) is 0.697. The van der Waals surface area contributed by atoms with Gasteiger partial charge >= 0.3 is 0 Å². The Bertz CT molecular complexity index is 616. The predicted octanol–water partition coefficient (Wildman–Crippen LogP) is 3.98. The maximum absolute atomic E-state index is 5.74. The van der Waals surface area contributed by atoms with Crippen LogP contribution in [0.4, 0.5) is 0 Å². The molecule has 0 bridgehead atoms. The summed E-state index contributed by atoms with van der Waals surface area (Å²) in [4.78, 5) is 9.64. The van der Waals surface area contributed by atoms with Crippen LogP contribution in [0.15, 0.2) is 35.8 Å². The van der Waals surface area contributed by atoms with Gasteiger partial charge in [0.05, 0.1) is 4.88 Å². The fraction of sp³-hybridized carbons (Fsp3) is 0. The monoisotopic (exact) mass is 279 g/mol. The van der Waals surface area contributed by atoms with E-state index in [4.69, 9.17) is 11.6 Å². The van der Waals surface area contributed by atoms with Gasteiger partial charge in [-0.1, -0.05) is 17.7 Å². The number of pyridine rings is 1. The average molecular weight is 280 g/mol. The summed E-state index contributed by atoms with van der Waals surface area (Å²) in [6, 6.07) is 7.65. The lowest BCUT2D eigenvalue weighted by molar-refractivity contribution is 1.27. The molecule has 0 saturated carbocycles. The molecule has 3 heterocycles. The van der Waals surface area contributed by atoms with Crippen LogP contribution in [0.2, 0.25) is 5.15 Å². The van der Waals surface area contributed by atoms with E-state index in [-0.39, 0.29) is 0 Å². The minimum absolute atomic E-state index is 0.474. The Hall–Kier alpha value is -1.30. The van der Waals surface area contributed by atoms with Crippen molar-refractivity contribution in [1.29, 1.82) is 0 Å². The van der Waals surface area contributed by atoms with Crippen LogP contribution < -0.4 is 0 Å². The summed E-state index contributed by atoms with van der Waals surface area (Å²) in [7, 11) is 0. The fourth-order valence-corrected chi connectivity index (χ4v) is 2.93. The first-order chi connectivity index (χ1) is 8.33. The molecule has 0 fully saturated rings. The van der Waals surface area contributed by atoms with Gasteiger partial charge in [0.15, 0.2) is 10.8 Å². The van der Waals surface area contributed by atoms with Crippen LogP contribution in [0, 0.1) is 0 Å². The maximum Gasteiger partial charge on any atom is 0.175 e. The van der Waals surface area contributed by atoms with Gasteiger partial charge in [0.1, 0.15) is 5.15 Å². The molecule has 0 aliphatic heterocycles. The number of hydrogen-bond acceptors (Lipinski definition) is 5. The van der Waals surface area contributed by atoms with Gasteiger partial charge in [-0.2, -0.15) is 4.37 Å². The summed E-state index contributed by atoms with van der Waals surface area (Å²) in [6.45, 7) is 0. The summed E-state index contributed by atoms with van der Waals surface area (Å²) in [6.07, 6.45) is 1.68. The Labute approximate surface area is 111 Å². The Kier molecular flexibility index (Phi) is 2.88. The molecule has 0 aliphatic rings. The summed E-state index contributed by atoms with van der Waals surface area (Å²) >= 11 is 8.79. The van der Waals surface area contributed by atoms with Gasteiger partial charge in [-0.05, 0) is 35.1 Å². The minimum atomic E-state index is 0.474. The Morgan fingerprint density at radius 1 is 1.18 bits per heavy atom. The van der Waals surface area contributed by atoms with Crippen molar-refractivity contribution in [3.8, 4) is 21.3 Å². The highest BCUT2D eigenvalue weighted by Gasteiger charge is 2.09. The molecule has 0 aliphatic carbocycles. The van der Waals surface area contributed by atoms with E-state index in [1.54, 1.807) is 23.6 Å². The zero-order chi connectivity index (χ0) is 11.7. The number of hydrogen-bond donors (Lipinski definition) is 0. The van der Waals surface area contributed by atoms with Crippen LogP contribution in [0.25, 0.3) is 21.3 Å². The van der Waals surface area contributed by atoms with E-state index < -0.39 is 0 Å². The number of thiophene rings is 1. The average Bonchev–Trinajstić information content (AvgIpc) is 3.00. The van der Waals surface area contributed by atoms with Crippen LogP contribution >= 0.6 is 34.5 Å². The standard InChI is InChI=1S/C11H6ClN3S2/c12-9-4-3-7(6-13-9)10-14-11(17-15-10)8-2-1-5-16-8/h1-6H. The molecule has 3 aromatic rings. The number of aromatic nitrogens is 3. The molecular formula is C11H6ClN3S2.